The van der Waals surface area contributed by atoms with Crippen molar-refractivity contribution in [1.82, 2.24) is 0 Å². The normalized spacial score (nSPS) is 15.4. The molecule has 0 N–H and O–H groups in total. The van der Waals surface area contributed by atoms with Crippen LogP contribution in [-0.4, -0.2) is 17.3 Å². The van der Waals surface area contributed by atoms with Gasteiger partial charge in [-0.3, -0.25) is 0 Å². The summed E-state index contributed by atoms with van der Waals surface area (Å²) in [5.74, 6) is 4.70. The zero-order valence-corrected chi connectivity index (χ0v) is 16.8. The van der Waals surface area contributed by atoms with Crippen LogP contribution in [0.4, 0.5) is 0 Å². The summed E-state index contributed by atoms with van der Waals surface area (Å²) in [6, 6.07) is 0. The number of hydrogen-bond acceptors (Lipinski definition) is 0. The molecule has 0 unspecified atom stereocenters. The van der Waals surface area contributed by atoms with Crippen LogP contribution in [0.1, 0.15) is 96.8 Å². The highest BCUT2D eigenvalue weighted by atomic mass is 127. The second-order valence-corrected chi connectivity index (χ2v) is 8.77. The molecule has 1 heterocycles. The number of hydrogen-bond donors (Lipinski definition) is 0. The summed E-state index contributed by atoms with van der Waals surface area (Å²) in [4.78, 5) is 0. The Kier molecular flexibility index (Phi) is 17.3. The average Bonchev–Trinajstić information content (AvgIpc) is 2.93. The van der Waals surface area contributed by atoms with Crippen molar-refractivity contribution in [2.75, 3.05) is 17.3 Å². The molecule has 1 rings (SSSR count). The van der Waals surface area contributed by atoms with Crippen molar-refractivity contribution in [3.63, 3.8) is 0 Å². The molecule has 2 heteroatoms. The molecule has 0 radical (unpaired) electrons. The molecule has 0 aromatic carbocycles. The summed E-state index contributed by atoms with van der Waals surface area (Å²) >= 11 is 0. The molecule has 1 aliphatic heterocycles. The van der Waals surface area contributed by atoms with Crippen LogP contribution in [0.5, 0.6) is 0 Å². The maximum Gasteiger partial charge on any atom is 0.108 e. The van der Waals surface area contributed by atoms with Crippen LogP contribution in [0.25, 0.3) is 0 Å². The fraction of sp³-hybridized carbons (Fsp3) is 1.00. The predicted octanol–water partition coefficient (Wildman–Crippen LogP) is 3.10. The molecule has 1 fully saturated rings. The Morgan fingerprint density at radius 1 is 0.600 bits per heavy atom. The molecule has 0 atom stereocenters. The Morgan fingerprint density at radius 3 is 1.45 bits per heavy atom. The molecule has 0 aromatic rings. The topological polar surface area (TPSA) is 0 Å². The number of unbranched alkanes of at least 4 members (excludes halogenated alkanes) is 11. The molecule has 0 bridgehead atoms. The molecule has 1 saturated heterocycles. The molecule has 122 valence electrons. The first-order valence-corrected chi connectivity index (χ1v) is 10.8. The van der Waals surface area contributed by atoms with Gasteiger partial charge in [0.2, 0.25) is 0 Å². The van der Waals surface area contributed by atoms with Crippen LogP contribution < -0.4 is 24.0 Å². The van der Waals surface area contributed by atoms with E-state index in [-0.39, 0.29) is 24.0 Å². The standard InChI is InChI=1S/C18H37S.HI/c1-2-3-4-5-6-7-8-9-10-11-12-13-16-19-17-14-15-18-19;/h2-18H2,1H3;1H/q+1;/p-1. The summed E-state index contributed by atoms with van der Waals surface area (Å²) in [6.45, 7) is 2.30. The summed E-state index contributed by atoms with van der Waals surface area (Å²) in [5, 5.41) is 0. The fourth-order valence-electron chi connectivity index (χ4n) is 3.07. The Hall–Kier alpha value is 1.08. The first-order valence-electron chi connectivity index (χ1n) is 9.07. The summed E-state index contributed by atoms with van der Waals surface area (Å²) in [6.07, 6.45) is 20.9. The Morgan fingerprint density at radius 2 is 1.00 bits per heavy atom. The first kappa shape index (κ1) is 21.1. The second kappa shape index (κ2) is 16.5. The predicted molar refractivity (Wildman–Crippen MR) is 92.3 cm³/mol. The molecule has 0 amide bonds. The third-order valence-electron chi connectivity index (χ3n) is 4.40. The number of halogens is 1. The first-order chi connectivity index (χ1) is 9.43. The van der Waals surface area contributed by atoms with Crippen LogP contribution in [0, 0.1) is 0 Å². The SMILES string of the molecule is CCCCCCCCCCCCCC[S+]1CCCC1.[I-]. The number of rotatable bonds is 13. The highest BCUT2D eigenvalue weighted by Crippen LogP contribution is 2.16. The average molecular weight is 412 g/mol. The van der Waals surface area contributed by atoms with E-state index in [9.17, 15) is 0 Å². The van der Waals surface area contributed by atoms with Crippen LogP contribution >= 0.6 is 0 Å². The fourth-order valence-corrected chi connectivity index (χ4v) is 5.52. The van der Waals surface area contributed by atoms with E-state index >= 15 is 0 Å². The third kappa shape index (κ3) is 12.8. The highest BCUT2D eigenvalue weighted by molar-refractivity contribution is 7.97. The lowest BCUT2D eigenvalue weighted by atomic mass is 10.1. The molecular weight excluding hydrogens is 375 g/mol. The minimum absolute atomic E-state index is 0. The smallest absolute Gasteiger partial charge is 0.108 e. The molecule has 0 aliphatic carbocycles. The summed E-state index contributed by atoms with van der Waals surface area (Å²) in [7, 11) is 0.858. The highest BCUT2D eigenvalue weighted by Gasteiger charge is 2.22. The Bertz CT molecular complexity index is 178. The van der Waals surface area contributed by atoms with Gasteiger partial charge in [-0.15, -0.1) is 0 Å². The molecule has 0 nitrogen and oxygen atoms in total. The van der Waals surface area contributed by atoms with Gasteiger partial charge in [-0.2, -0.15) is 0 Å². The summed E-state index contributed by atoms with van der Waals surface area (Å²) in [5.41, 5.74) is 0. The van der Waals surface area contributed by atoms with E-state index in [0.29, 0.717) is 0 Å². The van der Waals surface area contributed by atoms with Gasteiger partial charge in [-0.1, -0.05) is 71.1 Å². The molecule has 20 heavy (non-hydrogen) atoms. The lowest BCUT2D eigenvalue weighted by molar-refractivity contribution is -0.00000420. The third-order valence-corrected chi connectivity index (χ3v) is 7.00. The van der Waals surface area contributed by atoms with Gasteiger partial charge in [0.15, 0.2) is 0 Å². The minimum atomic E-state index is 0. The molecule has 0 aromatic heterocycles. The van der Waals surface area contributed by atoms with E-state index in [4.69, 9.17) is 0 Å². The van der Waals surface area contributed by atoms with Crippen LogP contribution in [0.2, 0.25) is 0 Å². The molecule has 0 saturated carbocycles. The second-order valence-electron chi connectivity index (χ2n) is 6.32. The van der Waals surface area contributed by atoms with E-state index in [1.807, 2.05) is 0 Å². The van der Waals surface area contributed by atoms with Crippen molar-refractivity contribution >= 4 is 10.9 Å². The Balaban J connectivity index is 0.00000361. The molecular formula is C18H37IS. The lowest BCUT2D eigenvalue weighted by Crippen LogP contribution is -3.00. The Labute approximate surface area is 148 Å². The van der Waals surface area contributed by atoms with E-state index in [1.54, 1.807) is 17.3 Å². The van der Waals surface area contributed by atoms with E-state index in [0.717, 1.165) is 10.9 Å². The zero-order chi connectivity index (χ0) is 13.6. The van der Waals surface area contributed by atoms with Gasteiger partial charge in [0, 0.05) is 0 Å². The van der Waals surface area contributed by atoms with Gasteiger partial charge < -0.3 is 24.0 Å². The van der Waals surface area contributed by atoms with Crippen molar-refractivity contribution in [3.8, 4) is 0 Å². The monoisotopic (exact) mass is 412 g/mol. The van der Waals surface area contributed by atoms with Gasteiger partial charge >= 0.3 is 0 Å². The van der Waals surface area contributed by atoms with Gasteiger partial charge in [0.1, 0.15) is 17.3 Å². The van der Waals surface area contributed by atoms with E-state index < -0.39 is 0 Å². The van der Waals surface area contributed by atoms with Crippen molar-refractivity contribution in [3.05, 3.63) is 0 Å². The van der Waals surface area contributed by atoms with Crippen molar-refractivity contribution in [2.24, 2.45) is 0 Å². The quantitative estimate of drug-likeness (QED) is 0.248. The van der Waals surface area contributed by atoms with Crippen LogP contribution in [-0.2, 0) is 10.9 Å². The van der Waals surface area contributed by atoms with Gasteiger partial charge in [-0.05, 0) is 36.6 Å². The van der Waals surface area contributed by atoms with Gasteiger partial charge in [0.05, 0.1) is 0 Å². The maximum absolute atomic E-state index is 2.30. The van der Waals surface area contributed by atoms with Gasteiger partial charge in [-0.25, -0.2) is 0 Å². The van der Waals surface area contributed by atoms with Crippen LogP contribution in [0.15, 0.2) is 0 Å². The largest absolute Gasteiger partial charge is 1.00 e. The summed E-state index contributed by atoms with van der Waals surface area (Å²) < 4.78 is 0. The zero-order valence-electron chi connectivity index (χ0n) is 13.8. The molecule has 0 spiro atoms. The van der Waals surface area contributed by atoms with Crippen molar-refractivity contribution in [2.45, 2.75) is 96.8 Å². The lowest BCUT2D eigenvalue weighted by Gasteiger charge is -2.03. The van der Waals surface area contributed by atoms with Crippen LogP contribution in [0.3, 0.4) is 0 Å². The molecule has 1 aliphatic rings. The minimum Gasteiger partial charge on any atom is -1.00 e. The van der Waals surface area contributed by atoms with Crippen molar-refractivity contribution in [1.29, 1.82) is 0 Å². The maximum atomic E-state index is 2.30. The van der Waals surface area contributed by atoms with E-state index in [2.05, 4.69) is 6.92 Å². The van der Waals surface area contributed by atoms with Crippen molar-refractivity contribution < 1.29 is 24.0 Å². The van der Waals surface area contributed by atoms with E-state index in [1.165, 1.54) is 89.9 Å². The van der Waals surface area contributed by atoms with Gasteiger partial charge in [0.25, 0.3) is 0 Å².